The Hall–Kier alpha value is -1.71. The Balaban J connectivity index is 0.00000132. The van der Waals surface area contributed by atoms with Crippen LogP contribution in [0.2, 0.25) is 0 Å². The SMILES string of the molecule is Cl.Oc1ccc2c(c1O)C1c3ccccc3CCC1NC2. The minimum atomic E-state index is -0.0209. The minimum Gasteiger partial charge on any atom is -0.504 e. The molecule has 2 unspecified atom stereocenters. The second kappa shape index (κ2) is 5.24. The van der Waals surface area contributed by atoms with Crippen molar-refractivity contribution < 1.29 is 10.2 Å². The molecule has 2 atom stereocenters. The van der Waals surface area contributed by atoms with E-state index in [9.17, 15) is 10.2 Å². The first kappa shape index (κ1) is 14.2. The summed E-state index contributed by atoms with van der Waals surface area (Å²) in [6.45, 7) is 0.756. The van der Waals surface area contributed by atoms with Crippen molar-refractivity contribution in [2.45, 2.75) is 31.3 Å². The highest BCUT2D eigenvalue weighted by atomic mass is 35.5. The predicted molar refractivity (Wildman–Crippen MR) is 84.3 cm³/mol. The van der Waals surface area contributed by atoms with Crippen molar-refractivity contribution >= 4 is 12.4 Å². The fourth-order valence-corrected chi connectivity index (χ4v) is 3.72. The van der Waals surface area contributed by atoms with Crippen LogP contribution in [0.1, 0.15) is 34.6 Å². The molecular formula is C17H18ClNO2. The molecule has 1 aliphatic carbocycles. The standard InChI is InChI=1S/C17H17NO2.ClH/c19-14-8-6-11-9-18-13-7-5-10-3-1-2-4-12(10)16(13)15(11)17(14)20;/h1-4,6,8,13,16,18-20H,5,7,9H2;1H. The van der Waals surface area contributed by atoms with Crippen LogP contribution < -0.4 is 5.32 Å². The maximum absolute atomic E-state index is 10.3. The maximum atomic E-state index is 10.3. The Morgan fingerprint density at radius 3 is 2.67 bits per heavy atom. The van der Waals surface area contributed by atoms with Gasteiger partial charge in [-0.15, -0.1) is 12.4 Å². The lowest BCUT2D eigenvalue weighted by atomic mass is 9.72. The van der Waals surface area contributed by atoms with Crippen LogP contribution in [0.4, 0.5) is 0 Å². The third-order valence-electron chi connectivity index (χ3n) is 4.67. The van der Waals surface area contributed by atoms with Gasteiger partial charge in [0.2, 0.25) is 0 Å². The predicted octanol–water partition coefficient (Wildman–Crippen LogP) is 3.07. The van der Waals surface area contributed by atoms with E-state index >= 15 is 0 Å². The molecule has 0 fully saturated rings. The van der Waals surface area contributed by atoms with Gasteiger partial charge in [0.15, 0.2) is 11.5 Å². The van der Waals surface area contributed by atoms with Gasteiger partial charge in [-0.1, -0.05) is 30.3 Å². The molecule has 0 bridgehead atoms. The second-order valence-electron chi connectivity index (χ2n) is 5.71. The number of phenolic OH excluding ortho intramolecular Hbond substituents is 2. The fraction of sp³-hybridized carbons (Fsp3) is 0.294. The van der Waals surface area contributed by atoms with E-state index < -0.39 is 0 Å². The fourth-order valence-electron chi connectivity index (χ4n) is 3.72. The molecule has 1 heterocycles. The molecule has 0 amide bonds. The van der Waals surface area contributed by atoms with E-state index in [1.807, 2.05) is 6.07 Å². The molecular weight excluding hydrogens is 286 g/mol. The summed E-state index contributed by atoms with van der Waals surface area (Å²) >= 11 is 0. The number of halogens is 1. The van der Waals surface area contributed by atoms with Gasteiger partial charge in [-0.25, -0.2) is 0 Å². The summed E-state index contributed by atoms with van der Waals surface area (Å²) in [5.74, 6) is 0.166. The lowest BCUT2D eigenvalue weighted by molar-refractivity contribution is 0.359. The molecule has 4 heteroatoms. The Bertz CT molecular complexity index is 686. The minimum absolute atomic E-state index is 0. The van der Waals surface area contributed by atoms with Gasteiger partial charge in [0.05, 0.1) is 0 Å². The summed E-state index contributed by atoms with van der Waals surface area (Å²) in [4.78, 5) is 0. The van der Waals surface area contributed by atoms with Crippen LogP contribution in [0.3, 0.4) is 0 Å². The molecule has 0 saturated carbocycles. The molecule has 0 aromatic heterocycles. The van der Waals surface area contributed by atoms with Crippen molar-refractivity contribution in [3.8, 4) is 11.5 Å². The average Bonchev–Trinajstić information content (AvgIpc) is 2.50. The van der Waals surface area contributed by atoms with Gasteiger partial charge in [0.1, 0.15) is 0 Å². The molecule has 2 aromatic rings. The molecule has 110 valence electrons. The quantitative estimate of drug-likeness (QED) is 0.656. The van der Waals surface area contributed by atoms with Crippen molar-refractivity contribution in [1.29, 1.82) is 0 Å². The van der Waals surface area contributed by atoms with Crippen LogP contribution in [0.5, 0.6) is 11.5 Å². The highest BCUT2D eigenvalue weighted by Crippen LogP contribution is 2.46. The third kappa shape index (κ3) is 2.08. The molecule has 4 rings (SSSR count). The number of benzene rings is 2. The molecule has 0 radical (unpaired) electrons. The molecule has 21 heavy (non-hydrogen) atoms. The van der Waals surface area contributed by atoms with Crippen molar-refractivity contribution in [3.63, 3.8) is 0 Å². The van der Waals surface area contributed by atoms with E-state index in [1.165, 1.54) is 11.1 Å². The highest BCUT2D eigenvalue weighted by molar-refractivity contribution is 5.85. The van der Waals surface area contributed by atoms with E-state index in [0.717, 1.165) is 30.5 Å². The van der Waals surface area contributed by atoms with Crippen molar-refractivity contribution in [2.75, 3.05) is 0 Å². The van der Waals surface area contributed by atoms with Crippen molar-refractivity contribution in [1.82, 2.24) is 5.32 Å². The lowest BCUT2D eigenvalue weighted by Gasteiger charge is -2.39. The first-order valence-electron chi connectivity index (χ1n) is 7.10. The van der Waals surface area contributed by atoms with Gasteiger partial charge >= 0.3 is 0 Å². The summed E-state index contributed by atoms with van der Waals surface area (Å²) in [6, 6.07) is 12.3. The Labute approximate surface area is 130 Å². The van der Waals surface area contributed by atoms with Crippen molar-refractivity contribution in [2.24, 2.45) is 0 Å². The molecule has 0 spiro atoms. The highest BCUT2D eigenvalue weighted by Gasteiger charge is 2.37. The largest absolute Gasteiger partial charge is 0.504 e. The Morgan fingerprint density at radius 1 is 1.00 bits per heavy atom. The molecule has 2 aromatic carbocycles. The van der Waals surface area contributed by atoms with E-state index in [-0.39, 0.29) is 29.8 Å². The molecule has 3 nitrogen and oxygen atoms in total. The first-order valence-corrected chi connectivity index (χ1v) is 7.10. The number of hydrogen-bond donors (Lipinski definition) is 3. The summed E-state index contributed by atoms with van der Waals surface area (Å²) in [6.07, 6.45) is 2.13. The summed E-state index contributed by atoms with van der Waals surface area (Å²) < 4.78 is 0. The molecule has 0 saturated heterocycles. The number of phenols is 2. The number of nitrogens with one attached hydrogen (secondary N) is 1. The zero-order valence-corrected chi connectivity index (χ0v) is 12.4. The molecule has 2 aliphatic rings. The summed E-state index contributed by atoms with van der Waals surface area (Å²) in [5.41, 5.74) is 4.61. The van der Waals surface area contributed by atoms with Gasteiger partial charge in [0, 0.05) is 24.1 Å². The summed E-state index contributed by atoms with van der Waals surface area (Å²) in [7, 11) is 0. The zero-order valence-electron chi connectivity index (χ0n) is 11.5. The monoisotopic (exact) mass is 303 g/mol. The van der Waals surface area contributed by atoms with Crippen LogP contribution in [-0.2, 0) is 13.0 Å². The van der Waals surface area contributed by atoms with Gasteiger partial charge in [-0.2, -0.15) is 0 Å². The van der Waals surface area contributed by atoms with E-state index in [4.69, 9.17) is 0 Å². The normalized spacial score (nSPS) is 22.5. The summed E-state index contributed by atoms with van der Waals surface area (Å²) in [5, 5.41) is 23.7. The van der Waals surface area contributed by atoms with Crippen LogP contribution in [-0.4, -0.2) is 16.3 Å². The number of rotatable bonds is 0. The maximum Gasteiger partial charge on any atom is 0.161 e. The smallest absolute Gasteiger partial charge is 0.161 e. The van der Waals surface area contributed by atoms with E-state index in [0.29, 0.717) is 6.04 Å². The molecule has 3 N–H and O–H groups in total. The van der Waals surface area contributed by atoms with Crippen LogP contribution in [0, 0.1) is 0 Å². The number of hydrogen-bond acceptors (Lipinski definition) is 3. The van der Waals surface area contributed by atoms with Gasteiger partial charge in [-0.3, -0.25) is 0 Å². The zero-order chi connectivity index (χ0) is 13.7. The second-order valence-corrected chi connectivity index (χ2v) is 5.71. The first-order chi connectivity index (χ1) is 9.75. The average molecular weight is 304 g/mol. The van der Waals surface area contributed by atoms with Crippen LogP contribution in [0.25, 0.3) is 0 Å². The van der Waals surface area contributed by atoms with Gasteiger partial charge < -0.3 is 15.5 Å². The van der Waals surface area contributed by atoms with Gasteiger partial charge in [-0.05, 0) is 35.6 Å². The Morgan fingerprint density at radius 2 is 1.81 bits per heavy atom. The van der Waals surface area contributed by atoms with E-state index in [2.05, 4.69) is 29.6 Å². The lowest BCUT2D eigenvalue weighted by Crippen LogP contribution is -2.42. The van der Waals surface area contributed by atoms with Crippen molar-refractivity contribution in [3.05, 3.63) is 58.7 Å². The molecule has 1 aliphatic heterocycles. The topological polar surface area (TPSA) is 52.5 Å². The number of fused-ring (bicyclic) bond motifs is 5. The number of aromatic hydroxyl groups is 2. The number of aryl methyl sites for hydroxylation is 1. The van der Waals surface area contributed by atoms with Crippen LogP contribution >= 0.6 is 12.4 Å². The van der Waals surface area contributed by atoms with Gasteiger partial charge in [0.25, 0.3) is 0 Å². The van der Waals surface area contributed by atoms with E-state index in [1.54, 1.807) is 6.07 Å². The van der Waals surface area contributed by atoms with Crippen LogP contribution in [0.15, 0.2) is 36.4 Å². The third-order valence-corrected chi connectivity index (χ3v) is 4.67. The Kier molecular flexibility index (Phi) is 3.56.